The van der Waals surface area contributed by atoms with Crippen LogP contribution in [0.1, 0.15) is 36.8 Å². The molecule has 1 atom stereocenters. The van der Waals surface area contributed by atoms with Crippen LogP contribution < -0.4 is 15.6 Å². The van der Waals surface area contributed by atoms with Gasteiger partial charge in [-0.2, -0.15) is 10.2 Å². The predicted octanol–water partition coefficient (Wildman–Crippen LogP) is 3.48. The van der Waals surface area contributed by atoms with Crippen LogP contribution in [0, 0.1) is 13.8 Å². The molecular formula is C25H27N5O3. The molecule has 0 saturated carbocycles. The minimum atomic E-state index is -0.792. The summed E-state index contributed by atoms with van der Waals surface area (Å²) in [5.41, 5.74) is 3.22. The first-order chi connectivity index (χ1) is 15.9. The van der Waals surface area contributed by atoms with E-state index in [0.717, 1.165) is 17.0 Å². The van der Waals surface area contributed by atoms with Crippen LogP contribution in [0.15, 0.2) is 59.4 Å². The van der Waals surface area contributed by atoms with E-state index in [1.807, 2.05) is 68.4 Å². The zero-order valence-electron chi connectivity index (χ0n) is 19.2. The molecule has 8 nitrogen and oxygen atoms in total. The molecule has 0 spiro atoms. The van der Waals surface area contributed by atoms with E-state index in [4.69, 9.17) is 4.74 Å². The fourth-order valence-electron chi connectivity index (χ4n) is 3.85. The maximum Gasteiger partial charge on any atom is 0.278 e. The zero-order chi connectivity index (χ0) is 23.5. The second-order valence-electron chi connectivity index (χ2n) is 7.83. The first kappa shape index (κ1) is 22.3. The number of aryl methyl sites for hydroxylation is 2. The highest BCUT2D eigenvalue weighted by molar-refractivity contribution is 5.84. The molecule has 2 heterocycles. The highest BCUT2D eigenvalue weighted by Crippen LogP contribution is 2.21. The predicted molar refractivity (Wildman–Crippen MR) is 127 cm³/mol. The molecule has 1 amide bonds. The van der Waals surface area contributed by atoms with Crippen LogP contribution in [-0.4, -0.2) is 32.1 Å². The smallest absolute Gasteiger partial charge is 0.278 e. The molecule has 0 saturated heterocycles. The van der Waals surface area contributed by atoms with E-state index in [9.17, 15) is 9.59 Å². The third kappa shape index (κ3) is 4.24. The van der Waals surface area contributed by atoms with Gasteiger partial charge in [0.25, 0.3) is 5.56 Å². The molecule has 0 aliphatic carbocycles. The van der Waals surface area contributed by atoms with Gasteiger partial charge in [0.2, 0.25) is 5.91 Å². The van der Waals surface area contributed by atoms with Gasteiger partial charge in [-0.25, -0.2) is 9.36 Å². The first-order valence-corrected chi connectivity index (χ1v) is 10.9. The van der Waals surface area contributed by atoms with Crippen LogP contribution in [0.4, 0.5) is 0 Å². The van der Waals surface area contributed by atoms with E-state index in [0.29, 0.717) is 35.4 Å². The Bertz CT molecular complexity index is 1360. The summed E-state index contributed by atoms with van der Waals surface area (Å²) in [5, 5.41) is 12.4. The first-order valence-electron chi connectivity index (χ1n) is 10.9. The lowest BCUT2D eigenvalue weighted by Crippen LogP contribution is -2.37. The summed E-state index contributed by atoms with van der Waals surface area (Å²) in [7, 11) is 0. The van der Waals surface area contributed by atoms with E-state index in [2.05, 4.69) is 15.5 Å². The quantitative estimate of drug-likeness (QED) is 0.470. The van der Waals surface area contributed by atoms with Gasteiger partial charge in [0.15, 0.2) is 0 Å². The highest BCUT2D eigenvalue weighted by atomic mass is 16.5. The number of amides is 1. The number of carbonyl (C=O) groups excluding carboxylic acids is 1. The summed E-state index contributed by atoms with van der Waals surface area (Å²) in [4.78, 5) is 26.3. The van der Waals surface area contributed by atoms with Crippen LogP contribution in [0.2, 0.25) is 0 Å². The number of rotatable bonds is 7. The second-order valence-corrected chi connectivity index (χ2v) is 7.83. The molecule has 8 heteroatoms. The van der Waals surface area contributed by atoms with Crippen molar-refractivity contribution in [3.8, 4) is 11.4 Å². The molecule has 0 bridgehead atoms. The number of carbonyl (C=O) groups is 1. The summed E-state index contributed by atoms with van der Waals surface area (Å²) in [6, 6.07) is 16.4. The van der Waals surface area contributed by atoms with Crippen LogP contribution >= 0.6 is 0 Å². The molecule has 2 aromatic carbocycles. The molecule has 0 unspecified atom stereocenters. The Kier molecular flexibility index (Phi) is 6.26. The number of hydrogen-bond donors (Lipinski definition) is 1. The third-order valence-electron chi connectivity index (χ3n) is 5.61. The number of hydrogen-bond acceptors (Lipinski definition) is 5. The minimum Gasteiger partial charge on any atom is -0.494 e. The summed E-state index contributed by atoms with van der Waals surface area (Å²) in [6.45, 7) is 8.05. The van der Waals surface area contributed by atoms with Crippen molar-refractivity contribution in [1.82, 2.24) is 24.9 Å². The van der Waals surface area contributed by atoms with E-state index in [1.54, 1.807) is 18.5 Å². The van der Waals surface area contributed by atoms with Crippen LogP contribution in [0.3, 0.4) is 0 Å². The number of ether oxygens (including phenoxy) is 1. The van der Waals surface area contributed by atoms with Gasteiger partial charge in [-0.15, -0.1) is 0 Å². The fourth-order valence-corrected chi connectivity index (χ4v) is 3.85. The van der Waals surface area contributed by atoms with Gasteiger partial charge in [-0.3, -0.25) is 9.59 Å². The molecule has 0 fully saturated rings. The minimum absolute atomic E-state index is 0.292. The third-order valence-corrected chi connectivity index (χ3v) is 5.61. The number of aromatic nitrogens is 4. The number of nitrogens with one attached hydrogen (secondary N) is 1. The Hall–Kier alpha value is -3.94. The van der Waals surface area contributed by atoms with Gasteiger partial charge < -0.3 is 10.1 Å². The molecule has 4 rings (SSSR count). The fraction of sp³-hybridized carbons (Fsp3) is 0.280. The van der Waals surface area contributed by atoms with Crippen molar-refractivity contribution in [2.75, 3.05) is 6.61 Å². The molecule has 33 heavy (non-hydrogen) atoms. The standard InChI is InChI=1S/C25H27N5O3/c1-5-33-21-14-10-9-11-19(21)15-26-24(31)18(4)30-25(32)22-17(3)29(20-12-7-6-8-13-20)28-23(22)16(2)27-30/h6-14,18H,5,15H2,1-4H3,(H,26,31)/t18-/m0/s1. The van der Waals surface area contributed by atoms with Crippen molar-refractivity contribution in [2.24, 2.45) is 0 Å². The number of fused-ring (bicyclic) bond motifs is 1. The van der Waals surface area contributed by atoms with E-state index in [-0.39, 0.29) is 11.5 Å². The van der Waals surface area contributed by atoms with Crippen LogP contribution in [0.25, 0.3) is 16.6 Å². The van der Waals surface area contributed by atoms with Crippen molar-refractivity contribution in [2.45, 2.75) is 40.3 Å². The van der Waals surface area contributed by atoms with Crippen molar-refractivity contribution < 1.29 is 9.53 Å². The monoisotopic (exact) mass is 445 g/mol. The van der Waals surface area contributed by atoms with Crippen molar-refractivity contribution in [1.29, 1.82) is 0 Å². The average Bonchev–Trinajstić information content (AvgIpc) is 3.19. The Morgan fingerprint density at radius 3 is 2.48 bits per heavy atom. The van der Waals surface area contributed by atoms with E-state index < -0.39 is 6.04 Å². The summed E-state index contributed by atoms with van der Waals surface area (Å²) < 4.78 is 8.60. The molecule has 170 valence electrons. The number of nitrogens with zero attached hydrogens (tertiary/aromatic N) is 4. The Balaban J connectivity index is 1.64. The lowest BCUT2D eigenvalue weighted by atomic mass is 10.2. The number of benzene rings is 2. The second kappa shape index (κ2) is 9.28. The lowest BCUT2D eigenvalue weighted by molar-refractivity contribution is -0.124. The van der Waals surface area contributed by atoms with Crippen molar-refractivity contribution >= 4 is 16.8 Å². The molecule has 0 aliphatic heterocycles. The SMILES string of the molecule is CCOc1ccccc1CNC(=O)[C@H](C)n1nc(C)c2nn(-c3ccccc3)c(C)c2c1=O. The highest BCUT2D eigenvalue weighted by Gasteiger charge is 2.23. The van der Waals surface area contributed by atoms with Crippen LogP contribution in [-0.2, 0) is 11.3 Å². The van der Waals surface area contributed by atoms with Gasteiger partial charge in [0.1, 0.15) is 17.3 Å². The maximum absolute atomic E-state index is 13.4. The molecular weight excluding hydrogens is 418 g/mol. The van der Waals surface area contributed by atoms with Gasteiger partial charge in [0.05, 0.1) is 29.1 Å². The van der Waals surface area contributed by atoms with Crippen molar-refractivity contribution in [3.63, 3.8) is 0 Å². The van der Waals surface area contributed by atoms with E-state index in [1.165, 1.54) is 4.68 Å². The largest absolute Gasteiger partial charge is 0.494 e. The molecule has 2 aromatic heterocycles. The van der Waals surface area contributed by atoms with Crippen LogP contribution in [0.5, 0.6) is 5.75 Å². The normalized spacial score (nSPS) is 12.0. The van der Waals surface area contributed by atoms with Gasteiger partial charge in [-0.05, 0) is 45.9 Å². The van der Waals surface area contributed by atoms with Gasteiger partial charge in [-0.1, -0.05) is 36.4 Å². The summed E-state index contributed by atoms with van der Waals surface area (Å²) in [5.74, 6) is 0.423. The molecule has 4 aromatic rings. The molecule has 0 radical (unpaired) electrons. The Morgan fingerprint density at radius 1 is 1.06 bits per heavy atom. The maximum atomic E-state index is 13.4. The topological polar surface area (TPSA) is 91.0 Å². The zero-order valence-corrected chi connectivity index (χ0v) is 19.2. The number of para-hydroxylation sites is 2. The molecule has 1 N–H and O–H groups in total. The molecule has 0 aliphatic rings. The van der Waals surface area contributed by atoms with E-state index >= 15 is 0 Å². The summed E-state index contributed by atoms with van der Waals surface area (Å²) in [6.07, 6.45) is 0. The Labute approximate surface area is 191 Å². The summed E-state index contributed by atoms with van der Waals surface area (Å²) >= 11 is 0. The van der Waals surface area contributed by atoms with Gasteiger partial charge >= 0.3 is 0 Å². The Morgan fingerprint density at radius 2 is 1.76 bits per heavy atom. The lowest BCUT2D eigenvalue weighted by Gasteiger charge is -2.16. The van der Waals surface area contributed by atoms with Crippen molar-refractivity contribution in [3.05, 3.63) is 81.9 Å². The average molecular weight is 446 g/mol. The van der Waals surface area contributed by atoms with Gasteiger partial charge in [0, 0.05) is 12.1 Å².